The zero-order valence-electron chi connectivity index (χ0n) is 11.0. The summed E-state index contributed by atoms with van der Waals surface area (Å²) in [5.74, 6) is -0.583. The average molecular weight is 266 g/mol. The lowest BCUT2D eigenvalue weighted by atomic mass is 10.1. The molecular weight excluding hydrogens is 248 g/mol. The molecule has 0 fully saturated rings. The molecule has 0 aromatic carbocycles. The molecule has 7 nitrogen and oxygen atoms in total. The van der Waals surface area contributed by atoms with Gasteiger partial charge in [0.25, 0.3) is 5.91 Å². The van der Waals surface area contributed by atoms with E-state index >= 15 is 0 Å². The van der Waals surface area contributed by atoms with Crippen LogP contribution >= 0.6 is 0 Å². The van der Waals surface area contributed by atoms with E-state index < -0.39 is 5.97 Å². The number of nitrogens with one attached hydrogen (secondary N) is 2. The zero-order chi connectivity index (χ0) is 14.3. The van der Waals surface area contributed by atoms with Crippen LogP contribution in [0.1, 0.15) is 30.8 Å². The van der Waals surface area contributed by atoms with Gasteiger partial charge < -0.3 is 15.7 Å². The van der Waals surface area contributed by atoms with E-state index in [9.17, 15) is 9.59 Å². The number of carbonyl (C=O) groups excluding carboxylic acids is 1. The van der Waals surface area contributed by atoms with Crippen LogP contribution in [0.3, 0.4) is 0 Å². The van der Waals surface area contributed by atoms with E-state index in [0.717, 1.165) is 0 Å². The maximum absolute atomic E-state index is 11.4. The Morgan fingerprint density at radius 2 is 2.11 bits per heavy atom. The number of carbonyl (C=O) groups is 2. The Balaban J connectivity index is 2.48. The fourth-order valence-corrected chi connectivity index (χ4v) is 1.45. The Labute approximate surface area is 111 Å². The Morgan fingerprint density at radius 3 is 2.63 bits per heavy atom. The zero-order valence-corrected chi connectivity index (χ0v) is 11.0. The van der Waals surface area contributed by atoms with Crippen molar-refractivity contribution in [2.24, 2.45) is 5.92 Å². The van der Waals surface area contributed by atoms with Crippen LogP contribution in [-0.2, 0) is 4.79 Å². The molecule has 0 aliphatic rings. The van der Waals surface area contributed by atoms with Gasteiger partial charge in [-0.1, -0.05) is 6.92 Å². The lowest BCUT2D eigenvalue weighted by molar-refractivity contribution is -0.137. The summed E-state index contributed by atoms with van der Waals surface area (Å²) in [6.07, 6.45) is 0.0947. The first-order chi connectivity index (χ1) is 9.02. The van der Waals surface area contributed by atoms with E-state index in [1.807, 2.05) is 13.8 Å². The van der Waals surface area contributed by atoms with Crippen molar-refractivity contribution in [3.8, 4) is 0 Å². The third-order valence-electron chi connectivity index (χ3n) is 2.39. The normalized spacial score (nSPS) is 11.7. The predicted octanol–water partition coefficient (Wildman–Crippen LogP) is 0.749. The molecule has 104 valence electrons. The number of aliphatic carboxylic acids is 1. The second kappa shape index (κ2) is 7.30. The van der Waals surface area contributed by atoms with Gasteiger partial charge in [-0.15, -0.1) is 10.2 Å². The first-order valence-electron chi connectivity index (χ1n) is 6.10. The van der Waals surface area contributed by atoms with Crippen LogP contribution in [0.4, 0.5) is 5.82 Å². The van der Waals surface area contributed by atoms with Gasteiger partial charge in [0.15, 0.2) is 5.69 Å². The Morgan fingerprint density at radius 1 is 1.37 bits per heavy atom. The van der Waals surface area contributed by atoms with Gasteiger partial charge in [-0.2, -0.15) is 0 Å². The number of anilines is 1. The molecular formula is C12H18N4O3. The summed E-state index contributed by atoms with van der Waals surface area (Å²) in [4.78, 5) is 21.9. The van der Waals surface area contributed by atoms with Crippen molar-refractivity contribution in [2.75, 3.05) is 18.4 Å². The van der Waals surface area contributed by atoms with Gasteiger partial charge >= 0.3 is 5.97 Å². The quantitative estimate of drug-likeness (QED) is 0.672. The van der Waals surface area contributed by atoms with Crippen LogP contribution in [0.25, 0.3) is 0 Å². The summed E-state index contributed by atoms with van der Waals surface area (Å²) in [6.45, 7) is 4.68. The highest BCUT2D eigenvalue weighted by molar-refractivity contribution is 5.92. The Hall–Kier alpha value is -2.18. The monoisotopic (exact) mass is 266 g/mol. The fraction of sp³-hybridized carbons (Fsp3) is 0.500. The predicted molar refractivity (Wildman–Crippen MR) is 69.9 cm³/mol. The maximum atomic E-state index is 11.4. The number of carboxylic acid groups (broad SMARTS) is 1. The molecule has 0 radical (unpaired) electrons. The molecule has 19 heavy (non-hydrogen) atoms. The van der Waals surface area contributed by atoms with Gasteiger partial charge in [0.1, 0.15) is 5.82 Å². The van der Waals surface area contributed by atoms with Crippen molar-refractivity contribution in [3.63, 3.8) is 0 Å². The van der Waals surface area contributed by atoms with E-state index in [1.54, 1.807) is 12.1 Å². The van der Waals surface area contributed by atoms with Crippen LogP contribution in [0.2, 0.25) is 0 Å². The fourth-order valence-electron chi connectivity index (χ4n) is 1.45. The highest BCUT2D eigenvalue weighted by atomic mass is 16.4. The molecule has 0 saturated heterocycles. The van der Waals surface area contributed by atoms with Crippen LogP contribution in [0.5, 0.6) is 0 Å². The summed E-state index contributed by atoms with van der Waals surface area (Å²) in [6, 6.07) is 3.22. The molecule has 0 aliphatic heterocycles. The minimum Gasteiger partial charge on any atom is -0.481 e. The molecule has 1 unspecified atom stereocenters. The first-order valence-corrected chi connectivity index (χ1v) is 6.10. The number of carboxylic acids is 1. The number of hydrogen-bond donors (Lipinski definition) is 3. The largest absolute Gasteiger partial charge is 0.481 e. The minimum atomic E-state index is -0.827. The van der Waals surface area contributed by atoms with Gasteiger partial charge in [0.05, 0.1) is 0 Å². The molecule has 1 rings (SSSR count). The highest BCUT2D eigenvalue weighted by Gasteiger charge is 2.09. The van der Waals surface area contributed by atoms with Crippen molar-refractivity contribution in [1.29, 1.82) is 0 Å². The molecule has 1 atom stereocenters. The van der Waals surface area contributed by atoms with Gasteiger partial charge in [0.2, 0.25) is 0 Å². The van der Waals surface area contributed by atoms with Crippen molar-refractivity contribution in [1.82, 2.24) is 15.5 Å². The van der Waals surface area contributed by atoms with Crippen LogP contribution in [0, 0.1) is 5.92 Å². The molecule has 7 heteroatoms. The summed E-state index contributed by atoms with van der Waals surface area (Å²) in [5.41, 5.74) is 0.256. The lowest BCUT2D eigenvalue weighted by Crippen LogP contribution is -2.24. The van der Waals surface area contributed by atoms with Gasteiger partial charge in [-0.05, 0) is 25.0 Å². The third-order valence-corrected chi connectivity index (χ3v) is 2.39. The Bertz CT molecular complexity index is 433. The average Bonchev–Trinajstić information content (AvgIpc) is 2.36. The summed E-state index contributed by atoms with van der Waals surface area (Å²) < 4.78 is 0. The SMILES string of the molecule is CCNC(=O)c1ccc(NCC(C)CC(=O)O)nn1. The van der Waals surface area contributed by atoms with E-state index in [-0.39, 0.29) is 23.9 Å². The molecule has 3 N–H and O–H groups in total. The Kier molecular flexibility index (Phi) is 5.72. The summed E-state index contributed by atoms with van der Waals surface area (Å²) in [7, 11) is 0. The van der Waals surface area contributed by atoms with Gasteiger partial charge in [0, 0.05) is 19.5 Å². The van der Waals surface area contributed by atoms with Crippen molar-refractivity contribution >= 4 is 17.7 Å². The van der Waals surface area contributed by atoms with Crippen molar-refractivity contribution in [3.05, 3.63) is 17.8 Å². The minimum absolute atomic E-state index is 0.0117. The smallest absolute Gasteiger partial charge is 0.303 e. The maximum Gasteiger partial charge on any atom is 0.303 e. The number of hydrogen-bond acceptors (Lipinski definition) is 5. The second-order valence-electron chi connectivity index (χ2n) is 4.25. The number of aromatic nitrogens is 2. The lowest BCUT2D eigenvalue weighted by Gasteiger charge is -2.10. The molecule has 1 amide bonds. The number of amides is 1. The van der Waals surface area contributed by atoms with Crippen molar-refractivity contribution < 1.29 is 14.7 Å². The molecule has 1 heterocycles. The molecule has 0 spiro atoms. The van der Waals surface area contributed by atoms with E-state index in [2.05, 4.69) is 20.8 Å². The molecule has 0 saturated carbocycles. The van der Waals surface area contributed by atoms with Gasteiger partial charge in [-0.3, -0.25) is 9.59 Å². The third kappa shape index (κ3) is 5.33. The van der Waals surface area contributed by atoms with Crippen molar-refractivity contribution in [2.45, 2.75) is 20.3 Å². The van der Waals surface area contributed by atoms with Crippen LogP contribution in [-0.4, -0.2) is 40.3 Å². The standard InChI is InChI=1S/C12H18N4O3/c1-3-13-12(19)9-4-5-10(16-15-9)14-7-8(2)6-11(17)18/h4-5,8H,3,6-7H2,1-2H3,(H,13,19)(H,14,16)(H,17,18). The summed E-state index contributed by atoms with van der Waals surface area (Å²) >= 11 is 0. The van der Waals surface area contributed by atoms with E-state index in [4.69, 9.17) is 5.11 Å². The first kappa shape index (κ1) is 14.9. The molecule has 0 bridgehead atoms. The number of rotatable bonds is 7. The van der Waals surface area contributed by atoms with Crippen LogP contribution in [0.15, 0.2) is 12.1 Å². The van der Waals surface area contributed by atoms with Gasteiger partial charge in [-0.25, -0.2) is 0 Å². The highest BCUT2D eigenvalue weighted by Crippen LogP contribution is 2.06. The second-order valence-corrected chi connectivity index (χ2v) is 4.25. The van der Waals surface area contributed by atoms with E-state index in [0.29, 0.717) is 18.9 Å². The molecule has 1 aromatic heterocycles. The molecule has 1 aromatic rings. The van der Waals surface area contributed by atoms with Crippen LogP contribution < -0.4 is 10.6 Å². The van der Waals surface area contributed by atoms with E-state index in [1.165, 1.54) is 0 Å². The topological polar surface area (TPSA) is 104 Å². The number of nitrogens with zero attached hydrogens (tertiary/aromatic N) is 2. The summed E-state index contributed by atoms with van der Waals surface area (Å²) in [5, 5.41) is 21.9. The molecule has 0 aliphatic carbocycles.